The van der Waals surface area contributed by atoms with Gasteiger partial charge in [0.15, 0.2) is 0 Å². The zero-order chi connectivity index (χ0) is 20.4. The summed E-state index contributed by atoms with van der Waals surface area (Å²) < 4.78 is 29.0. The van der Waals surface area contributed by atoms with Gasteiger partial charge in [-0.25, -0.2) is 4.39 Å². The maximum Gasteiger partial charge on any atom is 0.255 e. The van der Waals surface area contributed by atoms with Crippen molar-refractivity contribution in [3.05, 3.63) is 78.1 Å². The van der Waals surface area contributed by atoms with Gasteiger partial charge in [-0.3, -0.25) is 13.7 Å². The first-order chi connectivity index (χ1) is 13.9. The van der Waals surface area contributed by atoms with Crippen LogP contribution in [0, 0.1) is 5.82 Å². The van der Waals surface area contributed by atoms with Gasteiger partial charge in [-0.05, 0) is 76.2 Å². The van der Waals surface area contributed by atoms with Crippen molar-refractivity contribution in [1.82, 2.24) is 4.72 Å². The molecule has 3 aromatic carbocycles. The van der Waals surface area contributed by atoms with E-state index in [1.807, 2.05) is 6.07 Å². The molecular weight excluding hydrogens is 389 g/mol. The summed E-state index contributed by atoms with van der Waals surface area (Å²) in [6, 6.07) is 18.2. The van der Waals surface area contributed by atoms with Gasteiger partial charge in [0.25, 0.3) is 5.91 Å². The van der Waals surface area contributed by atoms with Crippen LogP contribution in [-0.4, -0.2) is 22.4 Å². The van der Waals surface area contributed by atoms with Crippen LogP contribution < -0.4 is 15.8 Å². The SMILES string of the molecule is Nc1ccc(-c2ccc(F)cc2)cc1NC(=O)c1ccc([SH]2(=O)CCCN2)cc1. The topological polar surface area (TPSA) is 84.2 Å². The molecule has 0 unspecified atom stereocenters. The highest BCUT2D eigenvalue weighted by molar-refractivity contribution is 8.01. The molecule has 4 rings (SSSR count). The molecule has 150 valence electrons. The van der Waals surface area contributed by atoms with Gasteiger partial charge in [-0.2, -0.15) is 0 Å². The number of halogens is 1. The Morgan fingerprint density at radius 2 is 1.69 bits per heavy atom. The number of carbonyl (C=O) groups excluding carboxylic acids is 1. The van der Waals surface area contributed by atoms with Crippen LogP contribution in [0.5, 0.6) is 0 Å². The molecule has 5 nitrogen and oxygen atoms in total. The Labute approximate surface area is 169 Å². The molecule has 1 aliphatic heterocycles. The Hall–Kier alpha value is -3.03. The Balaban J connectivity index is 1.54. The highest BCUT2D eigenvalue weighted by Gasteiger charge is 2.22. The van der Waals surface area contributed by atoms with Gasteiger partial charge < -0.3 is 11.1 Å². The van der Waals surface area contributed by atoms with Gasteiger partial charge in [-0.1, -0.05) is 18.2 Å². The molecular formula is C22H22FN3O2S. The Morgan fingerprint density at radius 3 is 2.34 bits per heavy atom. The second kappa shape index (κ2) is 7.77. The molecule has 3 aromatic rings. The van der Waals surface area contributed by atoms with E-state index in [2.05, 4.69) is 10.0 Å². The number of nitrogen functional groups attached to an aromatic ring is 1. The fourth-order valence-electron chi connectivity index (χ4n) is 3.40. The number of carbonyl (C=O) groups is 1. The average Bonchev–Trinajstić information content (AvgIpc) is 3.18. The maximum absolute atomic E-state index is 13.2. The standard InChI is InChI=1S/C22H22FN3O2S/c23-18-7-2-15(3-8-18)17-6-11-20(24)21(14-17)26-22(27)16-4-9-19(10-5-16)29(28)13-1-12-25-29/h2-11,14,29H,1,12-13,24H2,(H,25,28)(H,26,27). The minimum Gasteiger partial charge on any atom is -0.397 e. The number of hydrogen-bond donors (Lipinski definition) is 4. The van der Waals surface area contributed by atoms with Crippen molar-refractivity contribution in [2.75, 3.05) is 23.3 Å². The molecule has 29 heavy (non-hydrogen) atoms. The van der Waals surface area contributed by atoms with E-state index in [1.165, 1.54) is 12.1 Å². The number of hydrogen-bond acceptors (Lipinski definition) is 3. The molecule has 1 aliphatic rings. The van der Waals surface area contributed by atoms with Crippen LogP contribution in [0.15, 0.2) is 71.6 Å². The molecule has 1 amide bonds. The van der Waals surface area contributed by atoms with E-state index in [0.29, 0.717) is 22.7 Å². The first-order valence-corrected chi connectivity index (χ1v) is 11.3. The van der Waals surface area contributed by atoms with E-state index in [9.17, 15) is 13.4 Å². The third-order valence-corrected chi connectivity index (χ3v) is 7.86. The minimum absolute atomic E-state index is 0.308. The zero-order valence-corrected chi connectivity index (χ0v) is 16.6. The molecule has 0 atom stereocenters. The molecule has 0 aromatic heterocycles. The van der Waals surface area contributed by atoms with Crippen LogP contribution in [0.3, 0.4) is 0 Å². The summed E-state index contributed by atoms with van der Waals surface area (Å²) in [4.78, 5) is 13.4. The number of benzene rings is 3. The maximum atomic E-state index is 13.2. The van der Waals surface area contributed by atoms with Crippen LogP contribution in [0.4, 0.5) is 15.8 Å². The Morgan fingerprint density at radius 1 is 1.00 bits per heavy atom. The molecule has 1 heterocycles. The van der Waals surface area contributed by atoms with E-state index in [4.69, 9.17) is 5.73 Å². The predicted octanol–water partition coefficient (Wildman–Crippen LogP) is 3.61. The molecule has 0 spiro atoms. The number of nitrogens with two attached hydrogens (primary N) is 1. The number of anilines is 2. The number of rotatable bonds is 4. The van der Waals surface area contributed by atoms with Crippen molar-refractivity contribution < 1.29 is 13.4 Å². The smallest absolute Gasteiger partial charge is 0.255 e. The van der Waals surface area contributed by atoms with Gasteiger partial charge in [0.05, 0.1) is 11.4 Å². The predicted molar refractivity (Wildman–Crippen MR) is 116 cm³/mol. The summed E-state index contributed by atoms with van der Waals surface area (Å²) in [5.41, 5.74) is 9.02. The lowest BCUT2D eigenvalue weighted by molar-refractivity contribution is 0.102. The van der Waals surface area contributed by atoms with Crippen molar-refractivity contribution in [3.8, 4) is 11.1 Å². The first-order valence-electron chi connectivity index (χ1n) is 9.36. The molecule has 7 heteroatoms. The van der Waals surface area contributed by atoms with Crippen molar-refractivity contribution in [3.63, 3.8) is 0 Å². The van der Waals surface area contributed by atoms with Crippen LogP contribution in [0.25, 0.3) is 11.1 Å². The lowest BCUT2D eigenvalue weighted by atomic mass is 10.0. The summed E-state index contributed by atoms with van der Waals surface area (Å²) in [6.07, 6.45) is 0.892. The summed E-state index contributed by atoms with van der Waals surface area (Å²) in [5, 5.41) is 2.82. The fraction of sp³-hybridized carbons (Fsp3) is 0.136. The molecule has 1 saturated heterocycles. The number of thiol groups is 1. The minimum atomic E-state index is -2.52. The van der Waals surface area contributed by atoms with Gasteiger partial charge in [-0.15, -0.1) is 0 Å². The van der Waals surface area contributed by atoms with E-state index < -0.39 is 10.1 Å². The number of nitrogens with one attached hydrogen (secondary N) is 2. The molecule has 0 saturated carbocycles. The molecule has 4 N–H and O–H groups in total. The molecule has 0 aliphatic carbocycles. The van der Waals surface area contributed by atoms with Crippen LogP contribution in [-0.2, 0) is 10.1 Å². The van der Waals surface area contributed by atoms with Gasteiger partial charge in [0.2, 0.25) is 0 Å². The van der Waals surface area contributed by atoms with Crippen LogP contribution >= 0.6 is 0 Å². The summed E-state index contributed by atoms with van der Waals surface area (Å²) in [7, 11) is -2.52. The van der Waals surface area contributed by atoms with Gasteiger partial charge in [0.1, 0.15) is 5.82 Å². The summed E-state index contributed by atoms with van der Waals surface area (Å²) in [6.45, 7) is 0.753. The van der Waals surface area contributed by atoms with Crippen LogP contribution in [0.2, 0.25) is 0 Å². The Bertz CT molecular complexity index is 1090. The van der Waals surface area contributed by atoms with E-state index >= 15 is 0 Å². The average molecular weight is 412 g/mol. The molecule has 0 bridgehead atoms. The van der Waals surface area contributed by atoms with E-state index in [1.54, 1.807) is 48.5 Å². The summed E-state index contributed by atoms with van der Waals surface area (Å²) in [5.74, 6) is 0.0269. The molecule has 1 fully saturated rings. The highest BCUT2D eigenvalue weighted by atomic mass is 32.3. The fourth-order valence-corrected chi connectivity index (χ4v) is 5.75. The van der Waals surface area contributed by atoms with Crippen LogP contribution in [0.1, 0.15) is 16.8 Å². The van der Waals surface area contributed by atoms with Gasteiger partial charge >= 0.3 is 0 Å². The van der Waals surface area contributed by atoms with Crippen molar-refractivity contribution >= 4 is 27.4 Å². The van der Waals surface area contributed by atoms with Crippen molar-refractivity contribution in [1.29, 1.82) is 0 Å². The second-order valence-electron chi connectivity index (χ2n) is 7.03. The summed E-state index contributed by atoms with van der Waals surface area (Å²) >= 11 is 0. The normalized spacial score (nSPS) is 16.3. The van der Waals surface area contributed by atoms with E-state index in [0.717, 1.165) is 29.0 Å². The number of amides is 1. The lowest BCUT2D eigenvalue weighted by Gasteiger charge is -2.18. The lowest BCUT2D eigenvalue weighted by Crippen LogP contribution is -2.26. The van der Waals surface area contributed by atoms with Crippen molar-refractivity contribution in [2.24, 2.45) is 0 Å². The van der Waals surface area contributed by atoms with Gasteiger partial charge in [0, 0.05) is 22.8 Å². The van der Waals surface area contributed by atoms with E-state index in [-0.39, 0.29) is 11.7 Å². The largest absolute Gasteiger partial charge is 0.397 e. The second-order valence-corrected chi connectivity index (χ2v) is 9.79. The highest BCUT2D eigenvalue weighted by Crippen LogP contribution is 2.28. The quantitative estimate of drug-likeness (QED) is 0.391. The third kappa shape index (κ3) is 4.06. The third-order valence-electron chi connectivity index (χ3n) is 5.04. The zero-order valence-electron chi connectivity index (χ0n) is 15.7. The monoisotopic (exact) mass is 411 g/mol. The van der Waals surface area contributed by atoms with Crippen molar-refractivity contribution in [2.45, 2.75) is 11.3 Å². The first kappa shape index (κ1) is 19.3. The molecule has 0 radical (unpaired) electrons. The Kier molecular flexibility index (Phi) is 5.17.